The third-order valence-electron chi connectivity index (χ3n) is 2.98. The highest BCUT2D eigenvalue weighted by molar-refractivity contribution is 6.33. The molecule has 1 atom stereocenters. The van der Waals surface area contributed by atoms with Crippen LogP contribution in [0, 0.1) is 10.1 Å². The second-order valence-corrected chi connectivity index (χ2v) is 4.86. The number of aliphatic hydroxyl groups is 1. The molecule has 8 heteroatoms. The quantitative estimate of drug-likeness (QED) is 0.626. The van der Waals surface area contributed by atoms with Crippen LogP contribution in [0.5, 0.6) is 5.75 Å². The van der Waals surface area contributed by atoms with Gasteiger partial charge in [-0.2, -0.15) is 0 Å². The molecular weight excluding hydrogens is 310 g/mol. The molecule has 0 spiro atoms. The first kappa shape index (κ1) is 16.0. The molecule has 1 aromatic heterocycles. The molecule has 0 saturated heterocycles. The van der Waals surface area contributed by atoms with E-state index in [0.29, 0.717) is 11.3 Å². The molecule has 116 valence electrons. The van der Waals surface area contributed by atoms with E-state index < -0.39 is 11.0 Å². The maximum Gasteiger partial charge on any atom is 0.289 e. The molecule has 0 aliphatic rings. The second-order valence-electron chi connectivity index (χ2n) is 4.45. The topological polar surface area (TPSA) is 97.5 Å². The maximum atomic E-state index is 10.6. The van der Waals surface area contributed by atoms with Crippen molar-refractivity contribution < 1.29 is 14.8 Å². The molecule has 1 heterocycles. The average molecular weight is 324 g/mol. The van der Waals surface area contributed by atoms with Crippen LogP contribution in [0.15, 0.2) is 36.5 Å². The summed E-state index contributed by atoms with van der Waals surface area (Å²) in [5, 5.41) is 23.7. The van der Waals surface area contributed by atoms with Gasteiger partial charge in [-0.25, -0.2) is 4.98 Å². The smallest absolute Gasteiger partial charge is 0.289 e. The van der Waals surface area contributed by atoms with Gasteiger partial charge in [0.2, 0.25) is 0 Å². The highest BCUT2D eigenvalue weighted by Gasteiger charge is 2.13. The molecular formula is C14H14ClN3O4. The van der Waals surface area contributed by atoms with Gasteiger partial charge in [0.15, 0.2) is 0 Å². The van der Waals surface area contributed by atoms with Gasteiger partial charge in [0.1, 0.15) is 17.8 Å². The summed E-state index contributed by atoms with van der Waals surface area (Å²) in [5.41, 5.74) is 0.480. The molecule has 2 rings (SSSR count). The summed E-state index contributed by atoms with van der Waals surface area (Å²) in [7, 11) is 1.55. The number of hydrogen-bond donors (Lipinski definition) is 2. The Bertz CT molecular complexity index is 681. The average Bonchev–Trinajstić information content (AvgIpc) is 2.53. The molecule has 1 aromatic carbocycles. The maximum absolute atomic E-state index is 10.6. The van der Waals surface area contributed by atoms with Gasteiger partial charge in [-0.15, -0.1) is 0 Å². The van der Waals surface area contributed by atoms with Crippen molar-refractivity contribution in [3.8, 4) is 5.75 Å². The molecule has 0 aliphatic carbocycles. The summed E-state index contributed by atoms with van der Waals surface area (Å²) in [6, 6.07) is 8.23. The molecule has 0 bridgehead atoms. The summed E-state index contributed by atoms with van der Waals surface area (Å²) < 4.78 is 5.09. The van der Waals surface area contributed by atoms with Crippen LogP contribution in [0.3, 0.4) is 0 Å². The number of nitrogens with zero attached hydrogens (tertiary/aromatic N) is 2. The fourth-order valence-electron chi connectivity index (χ4n) is 1.82. The van der Waals surface area contributed by atoms with Crippen molar-refractivity contribution in [1.82, 2.24) is 4.98 Å². The molecule has 0 saturated carbocycles. The lowest BCUT2D eigenvalue weighted by Crippen LogP contribution is -2.13. The zero-order valence-electron chi connectivity index (χ0n) is 11.7. The molecule has 2 aromatic rings. The molecule has 2 N–H and O–H groups in total. The van der Waals surface area contributed by atoms with Crippen LogP contribution in [0.4, 0.5) is 11.5 Å². The fourth-order valence-corrected chi connectivity index (χ4v) is 2.05. The molecule has 0 aliphatic heterocycles. The lowest BCUT2D eigenvalue weighted by molar-refractivity contribution is -0.385. The normalized spacial score (nSPS) is 11.8. The van der Waals surface area contributed by atoms with E-state index in [1.807, 2.05) is 0 Å². The minimum Gasteiger partial charge on any atom is -0.497 e. The third kappa shape index (κ3) is 3.84. The number of aromatic nitrogens is 1. The number of rotatable bonds is 6. The van der Waals surface area contributed by atoms with E-state index in [-0.39, 0.29) is 23.1 Å². The summed E-state index contributed by atoms with van der Waals surface area (Å²) in [4.78, 5) is 13.9. The predicted octanol–water partition coefficient (Wildman–Crippen LogP) is 2.80. The van der Waals surface area contributed by atoms with Crippen LogP contribution in [0.1, 0.15) is 11.7 Å². The van der Waals surface area contributed by atoms with E-state index in [1.165, 1.54) is 6.07 Å². The molecule has 0 amide bonds. The van der Waals surface area contributed by atoms with Gasteiger partial charge < -0.3 is 15.2 Å². The van der Waals surface area contributed by atoms with Crippen LogP contribution < -0.4 is 10.1 Å². The van der Waals surface area contributed by atoms with Crippen molar-refractivity contribution in [2.24, 2.45) is 0 Å². The monoisotopic (exact) mass is 323 g/mol. The Balaban J connectivity index is 2.04. The number of halogens is 1. The van der Waals surface area contributed by atoms with Crippen LogP contribution in [-0.4, -0.2) is 28.7 Å². The van der Waals surface area contributed by atoms with Crippen molar-refractivity contribution >= 4 is 23.1 Å². The number of ether oxygens (including phenoxy) is 1. The Kier molecular flexibility index (Phi) is 5.13. The van der Waals surface area contributed by atoms with Gasteiger partial charge in [-0.3, -0.25) is 10.1 Å². The Labute approximate surface area is 131 Å². The van der Waals surface area contributed by atoms with E-state index in [2.05, 4.69) is 10.3 Å². The van der Waals surface area contributed by atoms with Crippen LogP contribution in [0.25, 0.3) is 0 Å². The number of methoxy groups -OCH3 is 1. The number of nitro groups is 1. The summed E-state index contributed by atoms with van der Waals surface area (Å²) >= 11 is 5.92. The zero-order valence-corrected chi connectivity index (χ0v) is 12.4. The van der Waals surface area contributed by atoms with Crippen molar-refractivity contribution in [3.63, 3.8) is 0 Å². The van der Waals surface area contributed by atoms with Gasteiger partial charge >= 0.3 is 0 Å². The Morgan fingerprint density at radius 1 is 1.50 bits per heavy atom. The summed E-state index contributed by atoms with van der Waals surface area (Å²) in [6.07, 6.45) is 0.301. The SMILES string of the molecule is COc1cccc(C(O)CNc2ncc([N+](=O)[O-])cc2Cl)c1. The Hall–Kier alpha value is -2.38. The summed E-state index contributed by atoms with van der Waals surface area (Å²) in [6.45, 7) is 0.150. The predicted molar refractivity (Wildman–Crippen MR) is 82.3 cm³/mol. The highest BCUT2D eigenvalue weighted by atomic mass is 35.5. The lowest BCUT2D eigenvalue weighted by atomic mass is 10.1. The van der Waals surface area contributed by atoms with Crippen LogP contribution >= 0.6 is 11.6 Å². The number of pyridine rings is 1. The van der Waals surface area contributed by atoms with Crippen molar-refractivity contribution in [1.29, 1.82) is 0 Å². The third-order valence-corrected chi connectivity index (χ3v) is 3.27. The fraction of sp³-hybridized carbons (Fsp3) is 0.214. The highest BCUT2D eigenvalue weighted by Crippen LogP contribution is 2.25. The van der Waals surface area contributed by atoms with E-state index in [4.69, 9.17) is 16.3 Å². The van der Waals surface area contributed by atoms with Crippen LogP contribution in [-0.2, 0) is 0 Å². The van der Waals surface area contributed by atoms with Gasteiger partial charge in [-0.1, -0.05) is 23.7 Å². The first-order valence-corrected chi connectivity index (χ1v) is 6.75. The number of benzene rings is 1. The number of nitrogens with one attached hydrogen (secondary N) is 1. The van der Waals surface area contributed by atoms with E-state index in [0.717, 1.165) is 6.20 Å². The molecule has 0 radical (unpaired) electrons. The van der Waals surface area contributed by atoms with Gasteiger partial charge in [0, 0.05) is 12.6 Å². The molecule has 7 nitrogen and oxygen atoms in total. The minimum atomic E-state index is -0.803. The standard InChI is InChI=1S/C14H14ClN3O4/c1-22-11-4-2-3-9(5-11)13(19)8-17-14-12(15)6-10(7-16-14)18(20)21/h2-7,13,19H,8H2,1H3,(H,16,17). The number of anilines is 1. The first-order chi connectivity index (χ1) is 10.5. The molecule has 1 unspecified atom stereocenters. The molecule has 22 heavy (non-hydrogen) atoms. The first-order valence-electron chi connectivity index (χ1n) is 6.37. The second kappa shape index (κ2) is 7.06. The van der Waals surface area contributed by atoms with Crippen molar-refractivity contribution in [2.75, 3.05) is 19.0 Å². The zero-order chi connectivity index (χ0) is 16.1. The number of hydrogen-bond acceptors (Lipinski definition) is 6. The largest absolute Gasteiger partial charge is 0.497 e. The lowest BCUT2D eigenvalue weighted by Gasteiger charge is -2.14. The van der Waals surface area contributed by atoms with Gasteiger partial charge in [0.05, 0.1) is 23.2 Å². The minimum absolute atomic E-state index is 0.118. The number of aliphatic hydroxyl groups excluding tert-OH is 1. The Morgan fingerprint density at radius 3 is 2.91 bits per heavy atom. The van der Waals surface area contributed by atoms with Gasteiger partial charge in [-0.05, 0) is 17.7 Å². The van der Waals surface area contributed by atoms with Crippen molar-refractivity contribution in [3.05, 3.63) is 57.2 Å². The van der Waals surface area contributed by atoms with E-state index in [9.17, 15) is 15.2 Å². The van der Waals surface area contributed by atoms with Crippen molar-refractivity contribution in [2.45, 2.75) is 6.10 Å². The van der Waals surface area contributed by atoms with E-state index in [1.54, 1.807) is 31.4 Å². The van der Waals surface area contributed by atoms with Crippen LogP contribution in [0.2, 0.25) is 5.02 Å². The summed E-state index contributed by atoms with van der Waals surface area (Å²) in [5.74, 6) is 0.914. The van der Waals surface area contributed by atoms with E-state index >= 15 is 0 Å². The molecule has 0 fully saturated rings. The van der Waals surface area contributed by atoms with Gasteiger partial charge in [0.25, 0.3) is 5.69 Å². The Morgan fingerprint density at radius 2 is 2.27 bits per heavy atom.